The van der Waals surface area contributed by atoms with Gasteiger partial charge in [0.2, 0.25) is 0 Å². The first kappa shape index (κ1) is 18.6. The van der Waals surface area contributed by atoms with Crippen LogP contribution in [0.3, 0.4) is 0 Å². The molecule has 8 nitrogen and oxygen atoms in total. The highest BCUT2D eigenvalue weighted by Crippen LogP contribution is 2.33. The number of fused-ring (bicyclic) bond motifs is 1. The molecule has 0 spiro atoms. The Labute approximate surface area is 175 Å². The molecular weight excluding hydrogens is 378 g/mol. The third-order valence-electron chi connectivity index (χ3n) is 5.73. The number of carbonyl (C=O) groups is 1. The van der Waals surface area contributed by atoms with Crippen molar-refractivity contribution in [2.24, 2.45) is 7.05 Å². The van der Waals surface area contributed by atoms with Crippen LogP contribution in [0.15, 0.2) is 49.1 Å². The van der Waals surface area contributed by atoms with Gasteiger partial charge in [-0.15, -0.1) is 0 Å². The Hall–Kier alpha value is -3.39. The van der Waals surface area contributed by atoms with Gasteiger partial charge in [-0.05, 0) is 43.6 Å². The van der Waals surface area contributed by atoms with Gasteiger partial charge in [0.15, 0.2) is 0 Å². The van der Waals surface area contributed by atoms with Crippen molar-refractivity contribution in [1.82, 2.24) is 24.9 Å². The summed E-state index contributed by atoms with van der Waals surface area (Å²) in [7, 11) is 1.90. The average molecular weight is 403 g/mol. The second-order valence-corrected chi connectivity index (χ2v) is 7.81. The third-order valence-corrected chi connectivity index (χ3v) is 5.73. The molecule has 0 bridgehead atoms. The van der Waals surface area contributed by atoms with Gasteiger partial charge in [0.25, 0.3) is 5.91 Å². The molecule has 0 atom stereocenters. The number of carbonyl (C=O) groups excluding carboxylic acids is 1. The van der Waals surface area contributed by atoms with Crippen molar-refractivity contribution in [2.45, 2.75) is 18.9 Å². The molecule has 0 unspecified atom stereocenters. The average Bonchev–Trinajstić information content (AvgIpc) is 3.42. The highest BCUT2D eigenvalue weighted by atomic mass is 16.1. The summed E-state index contributed by atoms with van der Waals surface area (Å²) in [6.07, 6.45) is 11.5. The lowest BCUT2D eigenvalue weighted by Crippen LogP contribution is -2.29. The molecule has 3 N–H and O–H groups in total. The number of benzene rings is 1. The predicted molar refractivity (Wildman–Crippen MR) is 117 cm³/mol. The molecule has 2 aliphatic rings. The van der Waals surface area contributed by atoms with Crippen LogP contribution in [-0.4, -0.2) is 45.1 Å². The zero-order chi connectivity index (χ0) is 20.5. The molecule has 5 rings (SSSR count). The van der Waals surface area contributed by atoms with Crippen LogP contribution < -0.4 is 16.0 Å². The summed E-state index contributed by atoms with van der Waals surface area (Å²) in [6, 6.07) is 6.50. The molecule has 0 saturated carbocycles. The number of amides is 1. The first-order chi connectivity index (χ1) is 14.7. The smallest absolute Gasteiger partial charge is 0.256 e. The molecule has 3 aromatic rings. The predicted octanol–water partition coefficient (Wildman–Crippen LogP) is 2.66. The number of aromatic nitrogens is 4. The van der Waals surface area contributed by atoms with Crippen molar-refractivity contribution in [1.29, 1.82) is 0 Å². The summed E-state index contributed by atoms with van der Waals surface area (Å²) in [4.78, 5) is 13.1. The molecule has 1 amide bonds. The standard InChI is InChI=1S/C22H25N7O/c1-28-13-16(11-25-28)15-2-3-21-20(10-15)19(6-9-24-21)22(30)27-17-12-26-29(14-17)18-4-7-23-8-5-18/h2-3,6,10-14,18,23-24H,4-5,7-9H2,1H3,(H,27,30). The molecule has 1 fully saturated rings. The van der Waals surface area contributed by atoms with Crippen LogP contribution in [0.4, 0.5) is 11.4 Å². The van der Waals surface area contributed by atoms with Gasteiger partial charge < -0.3 is 16.0 Å². The molecule has 1 saturated heterocycles. The molecule has 2 aromatic heterocycles. The second kappa shape index (κ2) is 7.79. The molecule has 0 aliphatic carbocycles. The third kappa shape index (κ3) is 3.61. The summed E-state index contributed by atoms with van der Waals surface area (Å²) in [6.45, 7) is 2.63. The van der Waals surface area contributed by atoms with Crippen molar-refractivity contribution >= 4 is 22.9 Å². The molecule has 0 radical (unpaired) electrons. The van der Waals surface area contributed by atoms with Crippen molar-refractivity contribution in [2.75, 3.05) is 30.3 Å². The van der Waals surface area contributed by atoms with E-state index in [2.05, 4.69) is 26.1 Å². The lowest BCUT2D eigenvalue weighted by atomic mass is 9.95. The maximum absolute atomic E-state index is 13.1. The van der Waals surface area contributed by atoms with Crippen LogP contribution in [0.2, 0.25) is 0 Å². The summed E-state index contributed by atoms with van der Waals surface area (Å²) in [5.74, 6) is -0.119. The number of aryl methyl sites for hydroxylation is 1. The Morgan fingerprint density at radius 3 is 2.80 bits per heavy atom. The molecular formula is C22H25N7O. The Kier molecular flexibility index (Phi) is 4.84. The first-order valence-electron chi connectivity index (χ1n) is 10.3. The molecule has 30 heavy (non-hydrogen) atoms. The molecule has 154 valence electrons. The van der Waals surface area contributed by atoms with Gasteiger partial charge >= 0.3 is 0 Å². The van der Waals surface area contributed by atoms with Gasteiger partial charge in [0.05, 0.1) is 24.1 Å². The van der Waals surface area contributed by atoms with Crippen LogP contribution >= 0.6 is 0 Å². The highest BCUT2D eigenvalue weighted by Gasteiger charge is 2.21. The number of hydrogen-bond acceptors (Lipinski definition) is 5. The van der Waals surface area contributed by atoms with E-state index in [1.54, 1.807) is 10.9 Å². The van der Waals surface area contributed by atoms with E-state index in [0.29, 0.717) is 18.2 Å². The highest BCUT2D eigenvalue weighted by molar-refractivity contribution is 6.27. The van der Waals surface area contributed by atoms with Crippen LogP contribution in [0.1, 0.15) is 24.4 Å². The summed E-state index contributed by atoms with van der Waals surface area (Å²) in [5, 5.41) is 18.5. The lowest BCUT2D eigenvalue weighted by Gasteiger charge is -2.22. The fraction of sp³-hybridized carbons (Fsp3) is 0.318. The van der Waals surface area contributed by atoms with Gasteiger partial charge in [-0.1, -0.05) is 12.1 Å². The van der Waals surface area contributed by atoms with Crippen molar-refractivity contribution in [3.05, 3.63) is 54.6 Å². The number of anilines is 2. The van der Waals surface area contributed by atoms with Gasteiger partial charge in [0.1, 0.15) is 0 Å². The van der Waals surface area contributed by atoms with Crippen LogP contribution in [0.25, 0.3) is 16.7 Å². The van der Waals surface area contributed by atoms with Crippen LogP contribution in [0.5, 0.6) is 0 Å². The van der Waals surface area contributed by atoms with E-state index in [4.69, 9.17) is 0 Å². The summed E-state index contributed by atoms with van der Waals surface area (Å²) in [5.41, 5.74) is 5.30. The van der Waals surface area contributed by atoms with Crippen LogP contribution in [-0.2, 0) is 11.8 Å². The zero-order valence-corrected chi connectivity index (χ0v) is 16.9. The maximum atomic E-state index is 13.1. The Morgan fingerprint density at radius 2 is 2.00 bits per heavy atom. The fourth-order valence-electron chi connectivity index (χ4n) is 4.13. The summed E-state index contributed by atoms with van der Waals surface area (Å²) < 4.78 is 3.75. The van der Waals surface area contributed by atoms with E-state index in [0.717, 1.165) is 54.0 Å². The van der Waals surface area contributed by atoms with Gasteiger partial charge in [-0.3, -0.25) is 14.2 Å². The van der Waals surface area contributed by atoms with Crippen LogP contribution in [0, 0.1) is 0 Å². The number of nitrogens with zero attached hydrogens (tertiary/aromatic N) is 4. The van der Waals surface area contributed by atoms with E-state index in [9.17, 15) is 4.79 Å². The second-order valence-electron chi connectivity index (χ2n) is 7.81. The topological polar surface area (TPSA) is 88.8 Å². The normalized spacial score (nSPS) is 16.5. The Morgan fingerprint density at radius 1 is 1.13 bits per heavy atom. The molecule has 1 aromatic carbocycles. The number of hydrogen-bond donors (Lipinski definition) is 3. The monoisotopic (exact) mass is 403 g/mol. The first-order valence-corrected chi connectivity index (χ1v) is 10.3. The van der Waals surface area contributed by atoms with E-state index in [-0.39, 0.29) is 5.91 Å². The molecule has 8 heteroatoms. The molecule has 2 aliphatic heterocycles. The minimum absolute atomic E-state index is 0.119. The van der Waals surface area contributed by atoms with E-state index in [1.807, 2.05) is 54.6 Å². The Balaban J connectivity index is 1.37. The number of piperidine rings is 1. The van der Waals surface area contributed by atoms with Gasteiger partial charge in [0, 0.05) is 48.4 Å². The minimum Gasteiger partial charge on any atom is -0.381 e. The summed E-state index contributed by atoms with van der Waals surface area (Å²) >= 11 is 0. The van der Waals surface area contributed by atoms with E-state index >= 15 is 0 Å². The fourth-order valence-corrected chi connectivity index (χ4v) is 4.13. The van der Waals surface area contributed by atoms with Crippen molar-refractivity contribution in [3.63, 3.8) is 0 Å². The quantitative estimate of drug-likeness (QED) is 0.623. The Bertz CT molecular complexity index is 1100. The van der Waals surface area contributed by atoms with Crippen molar-refractivity contribution in [3.8, 4) is 11.1 Å². The van der Waals surface area contributed by atoms with E-state index in [1.165, 1.54) is 0 Å². The zero-order valence-electron chi connectivity index (χ0n) is 16.9. The van der Waals surface area contributed by atoms with Gasteiger partial charge in [-0.25, -0.2) is 0 Å². The lowest BCUT2D eigenvalue weighted by molar-refractivity contribution is -0.111. The van der Waals surface area contributed by atoms with E-state index < -0.39 is 0 Å². The maximum Gasteiger partial charge on any atom is 0.256 e. The molecule has 4 heterocycles. The number of rotatable bonds is 4. The largest absolute Gasteiger partial charge is 0.381 e. The minimum atomic E-state index is -0.119. The SMILES string of the molecule is Cn1cc(-c2ccc3c(c2)C(C(=O)Nc2cnn(C4CCNCC4)c2)=CCN3)cn1. The van der Waals surface area contributed by atoms with Crippen molar-refractivity contribution < 1.29 is 4.79 Å². The van der Waals surface area contributed by atoms with Gasteiger partial charge in [-0.2, -0.15) is 10.2 Å². The number of nitrogens with one attached hydrogen (secondary N) is 3.